The van der Waals surface area contributed by atoms with Gasteiger partial charge in [0.15, 0.2) is 5.84 Å². The lowest BCUT2D eigenvalue weighted by Gasteiger charge is -2.17. The number of anilines is 2. The molecule has 1 heterocycles. The van der Waals surface area contributed by atoms with E-state index in [9.17, 15) is 0 Å². The third-order valence-corrected chi connectivity index (χ3v) is 3.44. The maximum Gasteiger partial charge on any atom is 0.167 e. The summed E-state index contributed by atoms with van der Waals surface area (Å²) in [7, 11) is 1.62. The van der Waals surface area contributed by atoms with Crippen LogP contribution in [0.25, 0.3) is 0 Å². The van der Waals surface area contributed by atoms with E-state index in [1.165, 1.54) is 0 Å². The smallest absolute Gasteiger partial charge is 0.167 e. The summed E-state index contributed by atoms with van der Waals surface area (Å²) in [5, 5.41) is 14.1. The first-order chi connectivity index (χ1) is 11.2. The van der Waals surface area contributed by atoms with Crippen molar-refractivity contribution < 1.29 is 4.74 Å². The molecule has 1 atom stereocenters. The van der Waals surface area contributed by atoms with Gasteiger partial charge in [-0.2, -0.15) is 5.10 Å². The Morgan fingerprint density at radius 3 is 2.52 bits per heavy atom. The number of benzene rings is 2. The summed E-state index contributed by atoms with van der Waals surface area (Å²) in [4.78, 5) is 0. The largest absolute Gasteiger partial charge is 0.497 e. The van der Waals surface area contributed by atoms with Crippen molar-refractivity contribution in [1.82, 2.24) is 5.43 Å². The highest BCUT2D eigenvalue weighted by molar-refractivity contribution is 6.48. The van der Waals surface area contributed by atoms with Gasteiger partial charge in [0.1, 0.15) is 17.6 Å². The second-order valence-electron chi connectivity index (χ2n) is 4.96. The monoisotopic (exact) mass is 310 g/mol. The number of rotatable bonds is 4. The second kappa shape index (κ2) is 6.47. The van der Waals surface area contributed by atoms with Crippen LogP contribution in [0.1, 0.15) is 0 Å². The number of methoxy groups -OCH3 is 1. The van der Waals surface area contributed by atoms with Crippen molar-refractivity contribution in [3.63, 3.8) is 0 Å². The molecule has 1 saturated heterocycles. The fourth-order valence-electron chi connectivity index (χ4n) is 2.22. The number of hydrogen-bond acceptors (Lipinski definition) is 6. The Bertz CT molecular complexity index is 713. The Morgan fingerprint density at radius 1 is 1.17 bits per heavy atom. The van der Waals surface area contributed by atoms with Crippen LogP contribution in [0.4, 0.5) is 11.4 Å². The predicted octanol–water partition coefficient (Wildman–Crippen LogP) is 1.75. The highest BCUT2D eigenvalue weighted by Crippen LogP contribution is 2.18. The minimum atomic E-state index is -0.548. The molecule has 0 aromatic heterocycles. The lowest BCUT2D eigenvalue weighted by Crippen LogP contribution is -2.42. The van der Waals surface area contributed by atoms with Crippen molar-refractivity contribution in [3.05, 3.63) is 54.6 Å². The molecule has 0 radical (unpaired) electrons. The van der Waals surface area contributed by atoms with Gasteiger partial charge in [-0.05, 0) is 36.4 Å². The number of nitrogens with one attached hydrogen (secondary N) is 3. The molecule has 118 valence electrons. The highest BCUT2D eigenvalue weighted by Gasteiger charge is 2.32. The van der Waals surface area contributed by atoms with Gasteiger partial charge in [0.25, 0.3) is 0 Å². The predicted molar refractivity (Wildman–Crippen MR) is 91.8 cm³/mol. The number of amidine groups is 1. The van der Waals surface area contributed by atoms with Crippen LogP contribution in [0.3, 0.4) is 0 Å². The minimum Gasteiger partial charge on any atom is -0.497 e. The van der Waals surface area contributed by atoms with Crippen LogP contribution in [0.2, 0.25) is 0 Å². The van der Waals surface area contributed by atoms with Crippen LogP contribution < -0.4 is 26.3 Å². The van der Waals surface area contributed by atoms with E-state index in [2.05, 4.69) is 16.0 Å². The molecule has 0 amide bonds. The van der Waals surface area contributed by atoms with Gasteiger partial charge in [-0.15, -0.1) is 0 Å². The van der Waals surface area contributed by atoms with Crippen LogP contribution in [0.5, 0.6) is 5.75 Å². The maximum atomic E-state index is 8.25. The first kappa shape index (κ1) is 15.0. The molecular weight excluding hydrogens is 292 g/mol. The van der Waals surface area contributed by atoms with Gasteiger partial charge in [-0.1, -0.05) is 18.2 Å². The van der Waals surface area contributed by atoms with Gasteiger partial charge in [-0.3, -0.25) is 15.8 Å². The quantitative estimate of drug-likeness (QED) is 0.645. The molecule has 1 aliphatic rings. The molecule has 0 spiro atoms. The zero-order valence-corrected chi connectivity index (χ0v) is 12.7. The summed E-state index contributed by atoms with van der Waals surface area (Å²) in [6.45, 7) is 0. The molecule has 0 saturated carbocycles. The van der Waals surface area contributed by atoms with E-state index in [1.807, 2.05) is 54.6 Å². The molecule has 0 unspecified atom stereocenters. The van der Waals surface area contributed by atoms with E-state index in [4.69, 9.17) is 15.9 Å². The van der Waals surface area contributed by atoms with Crippen LogP contribution in [0, 0.1) is 5.41 Å². The molecule has 7 heteroatoms. The standard InChI is InChI=1S/C16H18N6O/c1-23-13-9-7-11(8-10-13)19-20-14-15(17)21-22(16(14)18)12-5-3-2-4-6-12/h2-10,15,18-19,21H,17H2,1H3/t15-/m0/s1. The average Bonchev–Trinajstić information content (AvgIpc) is 2.88. The van der Waals surface area contributed by atoms with E-state index < -0.39 is 6.17 Å². The summed E-state index contributed by atoms with van der Waals surface area (Å²) in [5.41, 5.74) is 14.0. The van der Waals surface area contributed by atoms with Crippen LogP contribution in [-0.2, 0) is 0 Å². The molecular formula is C16H18N6O. The van der Waals surface area contributed by atoms with Crippen molar-refractivity contribution in [1.29, 1.82) is 5.41 Å². The lowest BCUT2D eigenvalue weighted by molar-refractivity contribution is 0.415. The summed E-state index contributed by atoms with van der Waals surface area (Å²) in [5.74, 6) is 0.982. The Hall–Kier alpha value is -2.90. The van der Waals surface area contributed by atoms with Crippen molar-refractivity contribution in [2.24, 2.45) is 10.8 Å². The van der Waals surface area contributed by atoms with Crippen molar-refractivity contribution in [2.45, 2.75) is 6.17 Å². The normalized spacial score (nSPS) is 19.2. The van der Waals surface area contributed by atoms with Gasteiger partial charge in [0, 0.05) is 0 Å². The summed E-state index contributed by atoms with van der Waals surface area (Å²) in [6, 6.07) is 16.9. The molecule has 0 bridgehead atoms. The van der Waals surface area contributed by atoms with E-state index in [-0.39, 0.29) is 5.84 Å². The number of hydrazone groups is 1. The summed E-state index contributed by atoms with van der Waals surface area (Å²) >= 11 is 0. The first-order valence-electron chi connectivity index (χ1n) is 7.12. The van der Waals surface area contributed by atoms with Gasteiger partial charge < -0.3 is 10.5 Å². The van der Waals surface area contributed by atoms with Crippen molar-refractivity contribution in [3.8, 4) is 5.75 Å². The van der Waals surface area contributed by atoms with E-state index in [0.717, 1.165) is 17.1 Å². The zero-order chi connectivity index (χ0) is 16.2. The number of hydrazine groups is 1. The molecule has 2 aromatic rings. The zero-order valence-electron chi connectivity index (χ0n) is 12.7. The van der Waals surface area contributed by atoms with Gasteiger partial charge >= 0.3 is 0 Å². The molecule has 3 rings (SSSR count). The average molecular weight is 310 g/mol. The second-order valence-corrected chi connectivity index (χ2v) is 4.96. The van der Waals surface area contributed by atoms with Gasteiger partial charge in [-0.25, -0.2) is 5.43 Å². The molecule has 1 aliphatic heterocycles. The number of nitrogens with zero attached hydrogens (tertiary/aromatic N) is 2. The fourth-order valence-corrected chi connectivity index (χ4v) is 2.22. The first-order valence-corrected chi connectivity index (χ1v) is 7.12. The van der Waals surface area contributed by atoms with Crippen LogP contribution >= 0.6 is 0 Å². The Kier molecular flexibility index (Phi) is 4.22. The molecule has 2 aromatic carbocycles. The van der Waals surface area contributed by atoms with Crippen LogP contribution in [-0.4, -0.2) is 24.8 Å². The molecule has 23 heavy (non-hydrogen) atoms. The molecule has 0 aliphatic carbocycles. The molecule has 7 nitrogen and oxygen atoms in total. The number of para-hydroxylation sites is 1. The Labute approximate surface area is 134 Å². The fraction of sp³-hybridized carbons (Fsp3) is 0.125. The topological polar surface area (TPSA) is 98.8 Å². The SMILES string of the molecule is COc1ccc(NN=C2C(=N)N(c3ccccc3)N[C@@H]2N)cc1. The molecule has 1 fully saturated rings. The maximum absolute atomic E-state index is 8.25. The Balaban J connectivity index is 1.75. The summed E-state index contributed by atoms with van der Waals surface area (Å²) < 4.78 is 5.11. The Morgan fingerprint density at radius 2 is 1.87 bits per heavy atom. The number of nitrogens with two attached hydrogens (primary N) is 1. The third kappa shape index (κ3) is 3.15. The summed E-state index contributed by atoms with van der Waals surface area (Å²) in [6.07, 6.45) is -0.548. The van der Waals surface area contributed by atoms with Crippen molar-refractivity contribution >= 4 is 22.9 Å². The number of hydrogen-bond donors (Lipinski definition) is 4. The minimum absolute atomic E-state index is 0.213. The highest BCUT2D eigenvalue weighted by atomic mass is 16.5. The van der Waals surface area contributed by atoms with E-state index in [1.54, 1.807) is 12.1 Å². The van der Waals surface area contributed by atoms with Gasteiger partial charge in [0.05, 0.1) is 18.5 Å². The van der Waals surface area contributed by atoms with Crippen molar-refractivity contribution in [2.75, 3.05) is 17.5 Å². The number of ether oxygens (including phenoxy) is 1. The lowest BCUT2D eigenvalue weighted by atomic mass is 10.3. The molecule has 5 N–H and O–H groups in total. The van der Waals surface area contributed by atoms with Crippen LogP contribution in [0.15, 0.2) is 59.7 Å². The third-order valence-electron chi connectivity index (χ3n) is 3.44. The van der Waals surface area contributed by atoms with E-state index >= 15 is 0 Å². The van der Waals surface area contributed by atoms with E-state index in [0.29, 0.717) is 5.71 Å². The van der Waals surface area contributed by atoms with Gasteiger partial charge in [0.2, 0.25) is 0 Å².